The fourth-order valence-electron chi connectivity index (χ4n) is 0.834. The van der Waals surface area contributed by atoms with Crippen molar-refractivity contribution in [3.8, 4) is 18.4 Å². The van der Waals surface area contributed by atoms with Crippen LogP contribution in [0.4, 0.5) is 5.69 Å². The average Bonchev–Trinajstić information content (AvgIpc) is 2.18. The molecule has 0 aliphatic carbocycles. The smallest absolute Gasteiger partial charge is 0.300 e. The van der Waals surface area contributed by atoms with E-state index in [4.69, 9.17) is 11.7 Å². The van der Waals surface area contributed by atoms with Crippen LogP contribution in [0.25, 0.3) is 0 Å². The maximum absolute atomic E-state index is 10.8. The Balaban J connectivity index is 2.87. The van der Waals surface area contributed by atoms with E-state index in [1.165, 1.54) is 0 Å². The highest BCUT2D eigenvalue weighted by molar-refractivity contribution is 6.03. The van der Waals surface area contributed by atoms with Crippen molar-refractivity contribution in [3.63, 3.8) is 0 Å². The second-order valence-corrected chi connectivity index (χ2v) is 2.29. The first-order valence-corrected chi connectivity index (χ1v) is 3.54. The number of carbonyl (C=O) groups is 1. The van der Waals surface area contributed by atoms with Gasteiger partial charge in [-0.3, -0.25) is 4.79 Å². The van der Waals surface area contributed by atoms with Gasteiger partial charge < -0.3 is 5.32 Å². The second-order valence-electron chi connectivity index (χ2n) is 2.29. The number of nitrogens with one attached hydrogen (secondary N) is 1. The second kappa shape index (κ2) is 3.94. The van der Waals surface area contributed by atoms with Gasteiger partial charge in [-0.25, -0.2) is 0 Å². The molecule has 0 spiro atoms. The molecule has 1 aromatic carbocycles. The van der Waals surface area contributed by atoms with Gasteiger partial charge in [0.15, 0.2) is 0 Å². The number of rotatable bonds is 1. The number of benzene rings is 1. The molecule has 3 heteroatoms. The lowest BCUT2D eigenvalue weighted by atomic mass is 10.2. The highest BCUT2D eigenvalue weighted by Crippen LogP contribution is 2.08. The Morgan fingerprint density at radius 1 is 1.54 bits per heavy atom. The average molecular weight is 170 g/mol. The zero-order valence-electron chi connectivity index (χ0n) is 6.74. The van der Waals surface area contributed by atoms with Gasteiger partial charge in [0.05, 0.1) is 11.6 Å². The van der Waals surface area contributed by atoms with Crippen LogP contribution in [0.5, 0.6) is 0 Å². The third-order valence-corrected chi connectivity index (χ3v) is 1.38. The quantitative estimate of drug-likeness (QED) is 0.642. The maximum atomic E-state index is 10.8. The van der Waals surface area contributed by atoms with Gasteiger partial charge in [0, 0.05) is 5.69 Å². The first-order chi connectivity index (χ1) is 6.26. The number of hydrogen-bond donors (Lipinski definition) is 1. The summed E-state index contributed by atoms with van der Waals surface area (Å²) < 4.78 is 0. The molecule has 0 aromatic heterocycles. The lowest BCUT2D eigenvalue weighted by Gasteiger charge is -1.99. The van der Waals surface area contributed by atoms with E-state index in [1.54, 1.807) is 24.3 Å². The molecule has 0 saturated heterocycles. The molecule has 0 radical (unpaired) electrons. The number of hydrogen-bond acceptors (Lipinski definition) is 2. The van der Waals surface area contributed by atoms with Gasteiger partial charge >= 0.3 is 0 Å². The molecule has 1 rings (SSSR count). The van der Waals surface area contributed by atoms with Crippen molar-refractivity contribution in [2.24, 2.45) is 0 Å². The highest BCUT2D eigenvalue weighted by Gasteiger charge is 1.97. The summed E-state index contributed by atoms with van der Waals surface area (Å²) in [6, 6.07) is 8.48. The summed E-state index contributed by atoms with van der Waals surface area (Å²) >= 11 is 0. The van der Waals surface area contributed by atoms with Gasteiger partial charge in [-0.1, -0.05) is 6.07 Å². The monoisotopic (exact) mass is 170 g/mol. The Kier molecular flexibility index (Phi) is 2.68. The molecule has 1 N–H and O–H groups in total. The standard InChI is InChI=1S/C10H6N2O/c1-2-10(13)12-9-5-3-4-8(6-9)7-11/h1,3-6H,(H,12,13). The summed E-state index contributed by atoms with van der Waals surface area (Å²) in [5, 5.41) is 11.0. The molecule has 3 nitrogen and oxygen atoms in total. The van der Waals surface area contributed by atoms with E-state index in [0.717, 1.165) is 0 Å². The molecule has 13 heavy (non-hydrogen) atoms. The SMILES string of the molecule is C#CC(=O)Nc1cccc(C#N)c1. The minimum absolute atomic E-state index is 0.481. The molecule has 0 unspecified atom stereocenters. The predicted molar refractivity (Wildman–Crippen MR) is 48.6 cm³/mol. The van der Waals surface area contributed by atoms with Crippen LogP contribution in [0.3, 0.4) is 0 Å². The summed E-state index contributed by atoms with van der Waals surface area (Å²) in [5.41, 5.74) is 1.01. The minimum Gasteiger partial charge on any atom is -0.315 e. The number of terminal acetylenes is 1. The van der Waals surface area contributed by atoms with Crippen LogP contribution in [-0.4, -0.2) is 5.91 Å². The molecular weight excluding hydrogens is 164 g/mol. The van der Waals surface area contributed by atoms with E-state index in [9.17, 15) is 4.79 Å². The molecule has 1 amide bonds. The zero-order chi connectivity index (χ0) is 9.68. The fourth-order valence-corrected chi connectivity index (χ4v) is 0.834. The van der Waals surface area contributed by atoms with Crippen molar-refractivity contribution >= 4 is 11.6 Å². The Morgan fingerprint density at radius 3 is 2.92 bits per heavy atom. The van der Waals surface area contributed by atoms with Gasteiger partial charge in [-0.05, 0) is 24.1 Å². The van der Waals surface area contributed by atoms with Crippen molar-refractivity contribution in [2.45, 2.75) is 0 Å². The predicted octanol–water partition coefficient (Wildman–Crippen LogP) is 1.13. The Hall–Kier alpha value is -2.26. The summed E-state index contributed by atoms with van der Waals surface area (Å²) in [6.45, 7) is 0. The van der Waals surface area contributed by atoms with Gasteiger partial charge in [0.25, 0.3) is 5.91 Å². The normalized spacial score (nSPS) is 8.15. The fraction of sp³-hybridized carbons (Fsp3) is 0. The molecule has 0 aliphatic rings. The van der Waals surface area contributed by atoms with Crippen molar-refractivity contribution < 1.29 is 4.79 Å². The van der Waals surface area contributed by atoms with Crippen LogP contribution in [0.15, 0.2) is 24.3 Å². The topological polar surface area (TPSA) is 52.9 Å². The number of anilines is 1. The van der Waals surface area contributed by atoms with Crippen molar-refractivity contribution in [1.82, 2.24) is 0 Å². The number of amides is 1. The summed E-state index contributed by atoms with van der Waals surface area (Å²) in [5.74, 6) is 1.40. The van der Waals surface area contributed by atoms with E-state index < -0.39 is 5.91 Å². The van der Waals surface area contributed by atoms with Gasteiger partial charge in [0.2, 0.25) is 0 Å². The summed E-state index contributed by atoms with van der Waals surface area (Å²) in [4.78, 5) is 10.8. The van der Waals surface area contributed by atoms with Crippen LogP contribution in [0.2, 0.25) is 0 Å². The number of nitriles is 1. The molecule has 0 atom stereocenters. The first-order valence-electron chi connectivity index (χ1n) is 3.54. The highest BCUT2D eigenvalue weighted by atomic mass is 16.1. The maximum Gasteiger partial charge on any atom is 0.300 e. The molecular formula is C10H6N2O. The van der Waals surface area contributed by atoms with Crippen LogP contribution in [-0.2, 0) is 4.79 Å². The van der Waals surface area contributed by atoms with Gasteiger partial charge in [-0.2, -0.15) is 5.26 Å². The first kappa shape index (κ1) is 8.83. The Bertz CT molecular complexity index is 410. The van der Waals surface area contributed by atoms with Crippen LogP contribution in [0, 0.1) is 23.7 Å². The summed E-state index contributed by atoms with van der Waals surface area (Å²) in [6.07, 6.45) is 4.86. The number of carbonyl (C=O) groups excluding carboxylic acids is 1. The Labute approximate surface area is 76.0 Å². The van der Waals surface area contributed by atoms with E-state index in [1.807, 2.05) is 12.0 Å². The molecule has 1 aromatic rings. The zero-order valence-corrected chi connectivity index (χ0v) is 6.74. The van der Waals surface area contributed by atoms with Crippen molar-refractivity contribution in [3.05, 3.63) is 29.8 Å². The third kappa shape index (κ3) is 2.36. The van der Waals surface area contributed by atoms with Crippen molar-refractivity contribution in [2.75, 3.05) is 5.32 Å². The van der Waals surface area contributed by atoms with E-state index >= 15 is 0 Å². The minimum atomic E-state index is -0.518. The summed E-state index contributed by atoms with van der Waals surface area (Å²) in [7, 11) is 0. The lowest BCUT2D eigenvalue weighted by molar-refractivity contribution is -0.111. The van der Waals surface area contributed by atoms with E-state index in [0.29, 0.717) is 11.3 Å². The Morgan fingerprint density at radius 2 is 2.31 bits per heavy atom. The van der Waals surface area contributed by atoms with Crippen LogP contribution in [0.1, 0.15) is 5.56 Å². The lowest BCUT2D eigenvalue weighted by Crippen LogP contribution is -2.07. The van der Waals surface area contributed by atoms with Crippen LogP contribution >= 0.6 is 0 Å². The van der Waals surface area contributed by atoms with Gasteiger partial charge in [-0.15, -0.1) is 6.42 Å². The van der Waals surface area contributed by atoms with Gasteiger partial charge in [0.1, 0.15) is 0 Å². The molecule has 62 valence electrons. The molecule has 0 fully saturated rings. The van der Waals surface area contributed by atoms with Crippen molar-refractivity contribution in [1.29, 1.82) is 5.26 Å². The third-order valence-electron chi connectivity index (χ3n) is 1.38. The van der Waals surface area contributed by atoms with E-state index in [-0.39, 0.29) is 0 Å². The number of nitrogens with zero attached hydrogens (tertiary/aromatic N) is 1. The van der Waals surface area contributed by atoms with Crippen LogP contribution < -0.4 is 5.32 Å². The molecule has 0 heterocycles. The largest absolute Gasteiger partial charge is 0.315 e. The van der Waals surface area contributed by atoms with E-state index in [2.05, 4.69) is 5.32 Å². The molecule has 0 saturated carbocycles. The molecule has 0 bridgehead atoms. The molecule has 0 aliphatic heterocycles.